The lowest BCUT2D eigenvalue weighted by Crippen LogP contribution is -2.03. The minimum Gasteiger partial charge on any atom is -0.495 e. The fraction of sp³-hybridized carbons (Fsp3) is 0.125. The molecule has 0 unspecified atom stereocenters. The molecule has 3 aromatic rings. The molecule has 3 rings (SSSR count). The number of ketones is 1. The smallest absolute Gasteiger partial charge is 0.185 e. The SMILES string of the molecule is COc1cc(C(=O)/C=C/c2ccc(OCc3ccccc3)cc2)ccc1S(C)(=O)=O. The van der Waals surface area contributed by atoms with E-state index >= 15 is 0 Å². The Hall–Kier alpha value is -3.38. The third kappa shape index (κ3) is 5.58. The number of hydrogen-bond donors (Lipinski definition) is 0. The van der Waals surface area contributed by atoms with Crippen molar-refractivity contribution in [3.8, 4) is 11.5 Å². The van der Waals surface area contributed by atoms with Crippen molar-refractivity contribution >= 4 is 21.7 Å². The van der Waals surface area contributed by atoms with Crippen LogP contribution in [0.3, 0.4) is 0 Å². The van der Waals surface area contributed by atoms with E-state index in [9.17, 15) is 13.2 Å². The lowest BCUT2D eigenvalue weighted by Gasteiger charge is -2.08. The number of sulfone groups is 1. The van der Waals surface area contributed by atoms with E-state index in [1.807, 2.05) is 54.6 Å². The van der Waals surface area contributed by atoms with Gasteiger partial charge in [-0.2, -0.15) is 0 Å². The first-order chi connectivity index (χ1) is 14.4. The average Bonchev–Trinajstić information content (AvgIpc) is 2.76. The molecule has 0 heterocycles. The number of rotatable bonds is 8. The molecule has 0 aliphatic carbocycles. The van der Waals surface area contributed by atoms with Gasteiger partial charge in [-0.1, -0.05) is 48.5 Å². The number of ether oxygens (including phenoxy) is 2. The molecule has 0 atom stereocenters. The summed E-state index contributed by atoms with van der Waals surface area (Å²) < 4.78 is 34.4. The zero-order valence-electron chi connectivity index (χ0n) is 16.7. The number of carbonyl (C=O) groups excluding carboxylic acids is 1. The maximum atomic E-state index is 12.5. The van der Waals surface area contributed by atoms with Crippen LogP contribution in [0.1, 0.15) is 21.5 Å². The van der Waals surface area contributed by atoms with Gasteiger partial charge in [0.2, 0.25) is 0 Å². The minimum atomic E-state index is -3.44. The highest BCUT2D eigenvalue weighted by Gasteiger charge is 2.16. The third-order valence-corrected chi connectivity index (χ3v) is 5.54. The number of carbonyl (C=O) groups is 1. The van der Waals surface area contributed by atoms with Crippen LogP contribution in [-0.2, 0) is 16.4 Å². The van der Waals surface area contributed by atoms with E-state index in [4.69, 9.17) is 9.47 Å². The Morgan fingerprint density at radius 2 is 1.67 bits per heavy atom. The predicted octanol–water partition coefficient (Wildman–Crippen LogP) is 4.57. The molecule has 0 aliphatic rings. The molecule has 0 saturated carbocycles. The number of allylic oxidation sites excluding steroid dienone is 1. The van der Waals surface area contributed by atoms with E-state index in [1.54, 1.807) is 6.08 Å². The average molecular weight is 423 g/mol. The standard InChI is InChI=1S/C24H22O5S/c1-28-23-16-20(11-15-24(23)30(2,26)27)22(25)14-10-18-8-12-21(13-9-18)29-17-19-6-4-3-5-7-19/h3-16H,17H2,1-2H3/b14-10+. The molecule has 0 bridgehead atoms. The summed E-state index contributed by atoms with van der Waals surface area (Å²) in [6.07, 6.45) is 4.23. The first-order valence-corrected chi connectivity index (χ1v) is 11.1. The highest BCUT2D eigenvalue weighted by Crippen LogP contribution is 2.25. The van der Waals surface area contributed by atoms with Crippen LogP contribution in [0.15, 0.2) is 83.8 Å². The first kappa shape index (κ1) is 21.3. The lowest BCUT2D eigenvalue weighted by atomic mass is 10.1. The van der Waals surface area contributed by atoms with Gasteiger partial charge in [0.05, 0.1) is 7.11 Å². The van der Waals surface area contributed by atoms with Crippen LogP contribution in [0.25, 0.3) is 6.08 Å². The molecular formula is C24H22O5S. The second-order valence-electron chi connectivity index (χ2n) is 6.68. The Morgan fingerprint density at radius 1 is 0.967 bits per heavy atom. The molecule has 0 N–H and O–H groups in total. The van der Waals surface area contributed by atoms with Crippen molar-refractivity contribution in [3.63, 3.8) is 0 Å². The number of hydrogen-bond acceptors (Lipinski definition) is 5. The van der Waals surface area contributed by atoms with Crippen LogP contribution < -0.4 is 9.47 Å². The molecule has 0 radical (unpaired) electrons. The van der Waals surface area contributed by atoms with Gasteiger partial charge in [-0.15, -0.1) is 0 Å². The zero-order valence-corrected chi connectivity index (χ0v) is 17.6. The van der Waals surface area contributed by atoms with Crippen molar-refractivity contribution in [3.05, 3.63) is 95.6 Å². The highest BCUT2D eigenvalue weighted by atomic mass is 32.2. The van der Waals surface area contributed by atoms with Gasteiger partial charge >= 0.3 is 0 Å². The minimum absolute atomic E-state index is 0.0524. The first-order valence-electron chi connectivity index (χ1n) is 9.24. The van der Waals surface area contributed by atoms with Gasteiger partial charge in [-0.3, -0.25) is 4.79 Å². The summed E-state index contributed by atoms with van der Waals surface area (Å²) in [5, 5.41) is 0. The van der Waals surface area contributed by atoms with Crippen molar-refractivity contribution in [2.75, 3.05) is 13.4 Å². The van der Waals surface area contributed by atoms with Crippen molar-refractivity contribution in [1.29, 1.82) is 0 Å². The molecule has 0 aromatic heterocycles. The van der Waals surface area contributed by atoms with Crippen LogP contribution in [0, 0.1) is 0 Å². The van der Waals surface area contributed by atoms with Crippen LogP contribution >= 0.6 is 0 Å². The van der Waals surface area contributed by atoms with Gasteiger partial charge in [-0.05, 0) is 47.5 Å². The van der Waals surface area contributed by atoms with E-state index in [0.29, 0.717) is 12.2 Å². The Kier molecular flexibility index (Phi) is 6.69. The van der Waals surface area contributed by atoms with Crippen LogP contribution in [0.2, 0.25) is 0 Å². The molecule has 154 valence electrons. The Labute approximate surface area is 176 Å². The molecule has 0 spiro atoms. The van der Waals surface area contributed by atoms with Crippen molar-refractivity contribution < 1.29 is 22.7 Å². The van der Waals surface area contributed by atoms with Gasteiger partial charge in [0.15, 0.2) is 15.6 Å². The summed E-state index contributed by atoms with van der Waals surface area (Å²) in [6, 6.07) is 21.6. The van der Waals surface area contributed by atoms with E-state index in [-0.39, 0.29) is 16.4 Å². The summed E-state index contributed by atoms with van der Waals surface area (Å²) in [7, 11) is -2.07. The van der Waals surface area contributed by atoms with Gasteiger partial charge < -0.3 is 9.47 Å². The van der Waals surface area contributed by atoms with Gasteiger partial charge in [-0.25, -0.2) is 8.42 Å². The highest BCUT2D eigenvalue weighted by molar-refractivity contribution is 7.90. The lowest BCUT2D eigenvalue weighted by molar-refractivity contribution is 0.104. The molecule has 5 nitrogen and oxygen atoms in total. The normalized spacial score (nSPS) is 11.4. The van der Waals surface area contributed by atoms with Gasteiger partial charge in [0.25, 0.3) is 0 Å². The summed E-state index contributed by atoms with van der Waals surface area (Å²) in [4.78, 5) is 12.5. The summed E-state index contributed by atoms with van der Waals surface area (Å²) >= 11 is 0. The summed E-state index contributed by atoms with van der Waals surface area (Å²) in [5.41, 5.74) is 2.28. The largest absolute Gasteiger partial charge is 0.495 e. The second-order valence-corrected chi connectivity index (χ2v) is 8.66. The molecule has 0 amide bonds. The molecular weight excluding hydrogens is 400 g/mol. The quantitative estimate of drug-likeness (QED) is 0.393. The van der Waals surface area contributed by atoms with Crippen molar-refractivity contribution in [2.24, 2.45) is 0 Å². The molecule has 3 aromatic carbocycles. The summed E-state index contributed by atoms with van der Waals surface area (Å²) in [6.45, 7) is 0.486. The fourth-order valence-electron chi connectivity index (χ4n) is 2.81. The summed E-state index contributed by atoms with van der Waals surface area (Å²) in [5.74, 6) is 0.637. The Bertz CT molecular complexity index is 1150. The van der Waals surface area contributed by atoms with Crippen LogP contribution in [0.5, 0.6) is 11.5 Å². The number of methoxy groups -OCH3 is 1. The van der Waals surface area contributed by atoms with Crippen molar-refractivity contribution in [1.82, 2.24) is 0 Å². The third-order valence-electron chi connectivity index (χ3n) is 4.40. The van der Waals surface area contributed by atoms with E-state index < -0.39 is 9.84 Å². The molecule has 0 aliphatic heterocycles. The monoisotopic (exact) mass is 422 g/mol. The van der Waals surface area contributed by atoms with E-state index in [2.05, 4.69) is 0 Å². The van der Waals surface area contributed by atoms with Crippen LogP contribution in [-0.4, -0.2) is 27.6 Å². The Balaban J connectivity index is 1.66. The maximum Gasteiger partial charge on any atom is 0.185 e. The maximum absolute atomic E-state index is 12.5. The molecule has 6 heteroatoms. The fourth-order valence-corrected chi connectivity index (χ4v) is 3.63. The van der Waals surface area contributed by atoms with Crippen molar-refractivity contribution in [2.45, 2.75) is 11.5 Å². The Morgan fingerprint density at radius 3 is 2.30 bits per heavy atom. The van der Waals surface area contributed by atoms with E-state index in [1.165, 1.54) is 31.4 Å². The van der Waals surface area contributed by atoms with Gasteiger partial charge in [0.1, 0.15) is 23.0 Å². The second kappa shape index (κ2) is 9.41. The van der Waals surface area contributed by atoms with E-state index in [0.717, 1.165) is 23.1 Å². The molecule has 30 heavy (non-hydrogen) atoms. The van der Waals surface area contributed by atoms with Crippen LogP contribution in [0.4, 0.5) is 0 Å². The number of benzene rings is 3. The molecule has 0 saturated heterocycles. The topological polar surface area (TPSA) is 69.7 Å². The van der Waals surface area contributed by atoms with Gasteiger partial charge in [0, 0.05) is 11.8 Å². The predicted molar refractivity (Wildman–Crippen MR) is 117 cm³/mol. The zero-order chi connectivity index (χ0) is 21.6. The molecule has 0 fully saturated rings.